The largest absolute Gasteiger partial charge is 0.343 e. The summed E-state index contributed by atoms with van der Waals surface area (Å²) in [4.78, 5) is 28.9. The second-order valence-corrected chi connectivity index (χ2v) is 8.55. The third kappa shape index (κ3) is 4.69. The fraction of sp³-hybridized carbons (Fsp3) is 0.500. The minimum Gasteiger partial charge on any atom is -0.343 e. The lowest BCUT2D eigenvalue weighted by Gasteiger charge is -2.28. The molecule has 0 radical (unpaired) electrons. The number of hydrogen-bond donors (Lipinski definition) is 1. The van der Waals surface area contributed by atoms with Gasteiger partial charge in [-0.25, -0.2) is 9.18 Å². The van der Waals surface area contributed by atoms with Gasteiger partial charge < -0.3 is 15.1 Å². The first-order valence-electron chi connectivity index (χ1n) is 10.8. The molecular weight excluding hydrogens is 421 g/mol. The van der Waals surface area contributed by atoms with Crippen molar-refractivity contribution in [1.82, 2.24) is 19.6 Å². The second-order valence-electron chi connectivity index (χ2n) is 8.14. The molecule has 1 aromatic heterocycles. The third-order valence-electron chi connectivity index (χ3n) is 6.09. The molecule has 31 heavy (non-hydrogen) atoms. The van der Waals surface area contributed by atoms with Gasteiger partial charge in [0.1, 0.15) is 0 Å². The van der Waals surface area contributed by atoms with Crippen LogP contribution in [0.5, 0.6) is 0 Å². The molecular formula is C22H27ClFN5O2. The van der Waals surface area contributed by atoms with Gasteiger partial charge in [-0.15, -0.1) is 0 Å². The number of urea groups is 1. The Morgan fingerprint density at radius 2 is 1.94 bits per heavy atom. The first-order chi connectivity index (χ1) is 14.9. The average Bonchev–Trinajstić information content (AvgIpc) is 3.10. The van der Waals surface area contributed by atoms with E-state index in [1.54, 1.807) is 11.0 Å². The quantitative estimate of drug-likeness (QED) is 0.776. The summed E-state index contributed by atoms with van der Waals surface area (Å²) in [6.45, 7) is 2.57. The number of carbonyl (C=O) groups excluding carboxylic acids is 2. The summed E-state index contributed by atoms with van der Waals surface area (Å²) in [5.41, 5.74) is 2.98. The van der Waals surface area contributed by atoms with E-state index in [2.05, 4.69) is 10.4 Å². The zero-order chi connectivity index (χ0) is 22.0. The Labute approximate surface area is 186 Å². The van der Waals surface area contributed by atoms with Crippen LogP contribution in [-0.4, -0.2) is 51.2 Å². The summed E-state index contributed by atoms with van der Waals surface area (Å²) in [6.07, 6.45) is 4.96. The Bertz CT molecular complexity index is 987. The van der Waals surface area contributed by atoms with Gasteiger partial charge in [-0.2, -0.15) is 5.10 Å². The molecule has 2 aliphatic heterocycles. The number of fused-ring (bicyclic) bond motifs is 1. The molecule has 1 saturated heterocycles. The van der Waals surface area contributed by atoms with Gasteiger partial charge in [0, 0.05) is 57.2 Å². The molecule has 0 atom stereocenters. The first kappa shape index (κ1) is 21.6. The highest BCUT2D eigenvalue weighted by molar-refractivity contribution is 6.31. The molecule has 9 heteroatoms. The van der Waals surface area contributed by atoms with E-state index in [4.69, 9.17) is 11.6 Å². The minimum absolute atomic E-state index is 0.0355. The normalized spacial score (nSPS) is 16.2. The maximum Gasteiger partial charge on any atom is 0.322 e. The molecule has 0 spiro atoms. The van der Waals surface area contributed by atoms with E-state index in [1.807, 2.05) is 16.6 Å². The van der Waals surface area contributed by atoms with E-state index in [0.717, 1.165) is 42.9 Å². The number of piperidine rings is 1. The first-order valence-corrected chi connectivity index (χ1v) is 11.1. The second kappa shape index (κ2) is 9.26. The van der Waals surface area contributed by atoms with Gasteiger partial charge >= 0.3 is 6.03 Å². The maximum absolute atomic E-state index is 14.2. The van der Waals surface area contributed by atoms with Crippen molar-refractivity contribution in [3.8, 4) is 0 Å². The number of likely N-dealkylation sites (tertiary alicyclic amines) is 1. The molecule has 166 valence electrons. The van der Waals surface area contributed by atoms with Gasteiger partial charge in [-0.3, -0.25) is 9.48 Å². The summed E-state index contributed by atoms with van der Waals surface area (Å²) >= 11 is 5.81. The van der Waals surface area contributed by atoms with E-state index in [1.165, 1.54) is 18.6 Å². The number of halogens is 2. The number of aryl methyl sites for hydroxylation is 2. The summed E-state index contributed by atoms with van der Waals surface area (Å²) in [5.74, 6) is -0.477. The summed E-state index contributed by atoms with van der Waals surface area (Å²) in [7, 11) is 1.89. The molecule has 0 aliphatic carbocycles. The molecule has 2 aliphatic rings. The Morgan fingerprint density at radius 1 is 1.16 bits per heavy atom. The zero-order valence-corrected chi connectivity index (χ0v) is 18.4. The van der Waals surface area contributed by atoms with E-state index >= 15 is 0 Å². The highest BCUT2D eigenvalue weighted by Crippen LogP contribution is 2.26. The number of hydrogen-bond acceptors (Lipinski definition) is 3. The van der Waals surface area contributed by atoms with Crippen molar-refractivity contribution in [3.05, 3.63) is 46.0 Å². The van der Waals surface area contributed by atoms with E-state index in [9.17, 15) is 14.0 Å². The third-order valence-corrected chi connectivity index (χ3v) is 6.38. The van der Waals surface area contributed by atoms with Gasteiger partial charge in [-0.1, -0.05) is 17.7 Å². The van der Waals surface area contributed by atoms with Crippen LogP contribution in [0, 0.1) is 5.82 Å². The van der Waals surface area contributed by atoms with Crippen molar-refractivity contribution in [3.63, 3.8) is 0 Å². The van der Waals surface area contributed by atoms with Gasteiger partial charge in [0.15, 0.2) is 5.82 Å². The predicted octanol–water partition coefficient (Wildman–Crippen LogP) is 3.75. The highest BCUT2D eigenvalue weighted by Gasteiger charge is 2.28. The molecule has 7 nitrogen and oxygen atoms in total. The van der Waals surface area contributed by atoms with Crippen LogP contribution in [0.2, 0.25) is 5.02 Å². The van der Waals surface area contributed by atoms with Crippen LogP contribution in [0.3, 0.4) is 0 Å². The van der Waals surface area contributed by atoms with Crippen molar-refractivity contribution >= 4 is 29.2 Å². The Hall–Kier alpha value is -2.61. The lowest BCUT2D eigenvalue weighted by molar-refractivity contribution is -0.132. The fourth-order valence-corrected chi connectivity index (χ4v) is 4.54. The average molecular weight is 448 g/mol. The number of benzene rings is 1. The number of aromatic nitrogens is 2. The van der Waals surface area contributed by atoms with Crippen LogP contribution in [0.25, 0.3) is 0 Å². The topological polar surface area (TPSA) is 70.5 Å². The number of nitrogens with one attached hydrogen (secondary N) is 1. The zero-order valence-electron chi connectivity index (χ0n) is 17.7. The smallest absolute Gasteiger partial charge is 0.322 e. The summed E-state index contributed by atoms with van der Waals surface area (Å²) < 4.78 is 16.0. The fourth-order valence-electron chi connectivity index (χ4n) is 4.37. The van der Waals surface area contributed by atoms with E-state index in [-0.39, 0.29) is 22.6 Å². The maximum atomic E-state index is 14.2. The molecule has 0 saturated carbocycles. The summed E-state index contributed by atoms with van der Waals surface area (Å²) in [6, 6.07) is 4.13. The molecule has 3 heterocycles. The number of carbonyl (C=O) groups is 2. The highest BCUT2D eigenvalue weighted by atomic mass is 35.5. The van der Waals surface area contributed by atoms with Crippen LogP contribution in [0.4, 0.5) is 14.9 Å². The molecule has 0 bridgehead atoms. The molecule has 1 aromatic carbocycles. The van der Waals surface area contributed by atoms with Gasteiger partial charge in [0.2, 0.25) is 5.91 Å². The molecule has 0 unspecified atom stereocenters. The van der Waals surface area contributed by atoms with E-state index in [0.29, 0.717) is 32.4 Å². The van der Waals surface area contributed by atoms with Crippen LogP contribution in [-0.2, 0) is 31.2 Å². The van der Waals surface area contributed by atoms with Crippen molar-refractivity contribution < 1.29 is 14.0 Å². The summed E-state index contributed by atoms with van der Waals surface area (Å²) in [5, 5.41) is 7.20. The standard InChI is InChI=1S/C22H27ClFN5O2/c1-27-19-10-13-29(22(31)25-18-7-5-6-16(23)21(18)24)14-15(19)17(26-27)8-9-20(30)28-11-3-2-4-12-28/h5-7H,2-4,8-14H2,1H3,(H,25,31). The van der Waals surface area contributed by atoms with Gasteiger partial charge in [-0.05, 0) is 31.4 Å². The number of rotatable bonds is 4. The van der Waals surface area contributed by atoms with E-state index < -0.39 is 5.82 Å². The Morgan fingerprint density at radius 3 is 2.71 bits per heavy atom. The minimum atomic E-state index is -0.645. The number of anilines is 1. The van der Waals surface area contributed by atoms with Crippen LogP contribution in [0.1, 0.15) is 42.6 Å². The predicted molar refractivity (Wildman–Crippen MR) is 117 cm³/mol. The monoisotopic (exact) mass is 447 g/mol. The molecule has 3 amide bonds. The lowest BCUT2D eigenvalue weighted by atomic mass is 10.0. The number of amides is 3. The van der Waals surface area contributed by atoms with Crippen LogP contribution < -0.4 is 5.32 Å². The Kier molecular flexibility index (Phi) is 6.46. The van der Waals surface area contributed by atoms with Gasteiger partial charge in [0.05, 0.1) is 22.9 Å². The Balaban J connectivity index is 1.42. The number of nitrogens with zero attached hydrogens (tertiary/aromatic N) is 4. The van der Waals surface area contributed by atoms with Gasteiger partial charge in [0.25, 0.3) is 0 Å². The molecule has 1 N–H and O–H groups in total. The van der Waals surface area contributed by atoms with Crippen molar-refractivity contribution in [2.75, 3.05) is 25.0 Å². The lowest BCUT2D eigenvalue weighted by Crippen LogP contribution is -2.39. The molecule has 4 rings (SSSR count). The molecule has 1 fully saturated rings. The SMILES string of the molecule is Cn1nc(CCC(=O)N2CCCCC2)c2c1CCN(C(=O)Nc1cccc(Cl)c1F)C2. The van der Waals surface area contributed by atoms with Crippen molar-refractivity contribution in [2.45, 2.75) is 45.1 Å². The van der Waals surface area contributed by atoms with Crippen LogP contribution >= 0.6 is 11.6 Å². The van der Waals surface area contributed by atoms with Crippen LogP contribution in [0.15, 0.2) is 18.2 Å². The van der Waals surface area contributed by atoms with Crippen molar-refractivity contribution in [1.29, 1.82) is 0 Å². The van der Waals surface area contributed by atoms with Crippen molar-refractivity contribution in [2.24, 2.45) is 7.05 Å². The molecule has 2 aromatic rings.